The van der Waals surface area contributed by atoms with Gasteiger partial charge in [0, 0.05) is 6.07 Å². The molecule has 0 spiro atoms. The zero-order valence-electron chi connectivity index (χ0n) is 7.78. The van der Waals surface area contributed by atoms with Crippen LogP contribution in [0.1, 0.15) is 5.69 Å². The van der Waals surface area contributed by atoms with E-state index in [1.54, 1.807) is 13.2 Å². The van der Waals surface area contributed by atoms with Crippen LogP contribution in [-0.4, -0.2) is 22.1 Å². The molecule has 0 atom stereocenters. The van der Waals surface area contributed by atoms with Crippen LogP contribution in [0.2, 0.25) is 5.15 Å². The van der Waals surface area contributed by atoms with Crippen LogP contribution in [0.3, 0.4) is 0 Å². The Morgan fingerprint density at radius 3 is 2.86 bits per heavy atom. The summed E-state index contributed by atoms with van der Waals surface area (Å²) in [7, 11) is 1.60. The van der Waals surface area contributed by atoms with Crippen LogP contribution >= 0.6 is 11.6 Å². The average molecular weight is 210 g/mol. The number of fused-ring (bicyclic) bond motifs is 1. The van der Waals surface area contributed by atoms with Crippen molar-refractivity contribution in [3.8, 4) is 5.75 Å². The molecule has 0 aliphatic rings. The molecule has 0 saturated heterocycles. The second kappa shape index (κ2) is 3.38. The predicted octanol–water partition coefficient (Wildman–Crippen LogP) is 2.00. The third kappa shape index (κ3) is 1.37. The fraction of sp³-hybridized carbons (Fsp3) is 0.222. The minimum absolute atomic E-state index is 0.362. The number of methoxy groups -OCH3 is 1. The molecule has 0 radical (unpaired) electrons. The van der Waals surface area contributed by atoms with Gasteiger partial charge in [-0.3, -0.25) is 0 Å². The van der Waals surface area contributed by atoms with Crippen molar-refractivity contribution in [2.24, 2.45) is 0 Å². The topological polar surface area (TPSA) is 47.9 Å². The molecule has 14 heavy (non-hydrogen) atoms. The molecule has 0 amide bonds. The Balaban J connectivity index is 2.79. The fourth-order valence-corrected chi connectivity index (χ4v) is 1.42. The van der Waals surface area contributed by atoms with Crippen molar-refractivity contribution in [1.29, 1.82) is 0 Å². The van der Waals surface area contributed by atoms with E-state index in [9.17, 15) is 0 Å². The second-order valence-corrected chi connectivity index (χ2v) is 3.17. The number of aryl methyl sites for hydroxylation is 1. The molecule has 0 aliphatic carbocycles. The first-order valence-electron chi connectivity index (χ1n) is 4.04. The van der Waals surface area contributed by atoms with E-state index in [0.717, 1.165) is 5.69 Å². The second-order valence-electron chi connectivity index (χ2n) is 2.81. The van der Waals surface area contributed by atoms with Gasteiger partial charge in [0.25, 0.3) is 0 Å². The van der Waals surface area contributed by atoms with E-state index in [-0.39, 0.29) is 0 Å². The summed E-state index contributed by atoms with van der Waals surface area (Å²) in [4.78, 5) is 12.2. The molecule has 5 heteroatoms. The fourth-order valence-electron chi connectivity index (χ4n) is 1.24. The monoisotopic (exact) mass is 209 g/mol. The van der Waals surface area contributed by atoms with Crippen molar-refractivity contribution in [3.05, 3.63) is 23.2 Å². The van der Waals surface area contributed by atoms with E-state index >= 15 is 0 Å². The minimum Gasteiger partial charge on any atom is -0.495 e. The third-order valence-corrected chi connectivity index (χ3v) is 2.21. The van der Waals surface area contributed by atoms with Gasteiger partial charge in [0.05, 0.1) is 18.3 Å². The predicted molar refractivity (Wildman–Crippen MR) is 53.6 cm³/mol. The summed E-state index contributed by atoms with van der Waals surface area (Å²) in [6.45, 7) is 1.85. The SMILES string of the molecule is COc1cc2ncnc(Cl)c2nc1C. The molecule has 0 bridgehead atoms. The molecular formula is C9H8ClN3O. The van der Waals surface area contributed by atoms with Gasteiger partial charge in [-0.05, 0) is 6.92 Å². The zero-order valence-corrected chi connectivity index (χ0v) is 8.54. The Hall–Kier alpha value is -1.42. The first-order chi connectivity index (χ1) is 6.72. The number of nitrogens with zero attached hydrogens (tertiary/aromatic N) is 3. The van der Waals surface area contributed by atoms with Crippen LogP contribution in [0.4, 0.5) is 0 Å². The maximum atomic E-state index is 5.87. The first-order valence-corrected chi connectivity index (χ1v) is 4.42. The van der Waals surface area contributed by atoms with Crippen LogP contribution in [-0.2, 0) is 0 Å². The van der Waals surface area contributed by atoms with Gasteiger partial charge in [-0.2, -0.15) is 0 Å². The zero-order chi connectivity index (χ0) is 10.1. The molecule has 2 heterocycles. The maximum Gasteiger partial charge on any atom is 0.158 e. The lowest BCUT2D eigenvalue weighted by atomic mass is 10.3. The lowest BCUT2D eigenvalue weighted by Gasteiger charge is -2.05. The van der Waals surface area contributed by atoms with Gasteiger partial charge in [0.2, 0.25) is 0 Å². The Labute approximate surface area is 85.9 Å². The van der Waals surface area contributed by atoms with Crippen molar-refractivity contribution in [3.63, 3.8) is 0 Å². The number of hydrogen-bond acceptors (Lipinski definition) is 4. The highest BCUT2D eigenvalue weighted by atomic mass is 35.5. The summed E-state index contributed by atoms with van der Waals surface area (Å²) in [6, 6.07) is 1.80. The van der Waals surface area contributed by atoms with Gasteiger partial charge < -0.3 is 4.74 Å². The van der Waals surface area contributed by atoms with Crippen LogP contribution < -0.4 is 4.74 Å². The highest BCUT2D eigenvalue weighted by molar-refractivity contribution is 6.33. The number of aromatic nitrogens is 3. The van der Waals surface area contributed by atoms with Gasteiger partial charge in [0.15, 0.2) is 5.15 Å². The van der Waals surface area contributed by atoms with Gasteiger partial charge >= 0.3 is 0 Å². The Morgan fingerprint density at radius 2 is 2.14 bits per heavy atom. The molecular weight excluding hydrogens is 202 g/mol. The van der Waals surface area contributed by atoms with Crippen LogP contribution in [0.15, 0.2) is 12.4 Å². The molecule has 0 saturated carbocycles. The van der Waals surface area contributed by atoms with Crippen LogP contribution in [0, 0.1) is 6.92 Å². The van der Waals surface area contributed by atoms with E-state index in [0.29, 0.717) is 21.9 Å². The molecule has 0 N–H and O–H groups in total. The number of rotatable bonds is 1. The molecule has 0 unspecified atom stereocenters. The number of halogens is 1. The molecule has 2 aromatic heterocycles. The average Bonchev–Trinajstić information content (AvgIpc) is 2.19. The lowest BCUT2D eigenvalue weighted by molar-refractivity contribution is 0.410. The minimum atomic E-state index is 0.362. The quantitative estimate of drug-likeness (QED) is 0.674. The maximum absolute atomic E-state index is 5.87. The summed E-state index contributed by atoms with van der Waals surface area (Å²) in [5, 5.41) is 0.362. The Kier molecular flexibility index (Phi) is 2.21. The normalized spacial score (nSPS) is 10.5. The van der Waals surface area contributed by atoms with Gasteiger partial charge in [-0.1, -0.05) is 11.6 Å². The summed E-state index contributed by atoms with van der Waals surface area (Å²) < 4.78 is 5.13. The van der Waals surface area contributed by atoms with E-state index < -0.39 is 0 Å². The molecule has 72 valence electrons. The van der Waals surface area contributed by atoms with Crippen molar-refractivity contribution in [1.82, 2.24) is 15.0 Å². The van der Waals surface area contributed by atoms with Gasteiger partial charge in [0.1, 0.15) is 17.6 Å². The van der Waals surface area contributed by atoms with E-state index in [1.807, 2.05) is 6.92 Å². The van der Waals surface area contributed by atoms with Gasteiger partial charge in [-0.15, -0.1) is 0 Å². The molecule has 2 rings (SSSR count). The lowest BCUT2D eigenvalue weighted by Crippen LogP contribution is -1.94. The number of ether oxygens (including phenoxy) is 1. The largest absolute Gasteiger partial charge is 0.495 e. The summed E-state index contributed by atoms with van der Waals surface area (Å²) in [6.07, 6.45) is 1.40. The third-order valence-electron chi connectivity index (χ3n) is 1.93. The molecule has 4 nitrogen and oxygen atoms in total. The first kappa shape index (κ1) is 9.15. The van der Waals surface area contributed by atoms with Crippen molar-refractivity contribution < 1.29 is 4.74 Å². The van der Waals surface area contributed by atoms with Crippen molar-refractivity contribution in [2.75, 3.05) is 7.11 Å². The van der Waals surface area contributed by atoms with E-state index in [1.165, 1.54) is 6.33 Å². The number of pyridine rings is 1. The van der Waals surface area contributed by atoms with Crippen molar-refractivity contribution in [2.45, 2.75) is 6.92 Å². The smallest absolute Gasteiger partial charge is 0.158 e. The summed E-state index contributed by atoms with van der Waals surface area (Å²) >= 11 is 5.87. The van der Waals surface area contributed by atoms with Gasteiger partial charge in [-0.25, -0.2) is 15.0 Å². The highest BCUT2D eigenvalue weighted by Gasteiger charge is 2.07. The Morgan fingerprint density at radius 1 is 1.36 bits per heavy atom. The summed E-state index contributed by atoms with van der Waals surface area (Å²) in [5.41, 5.74) is 2.07. The van der Waals surface area contributed by atoms with Crippen LogP contribution in [0.5, 0.6) is 5.75 Å². The van der Waals surface area contributed by atoms with Crippen molar-refractivity contribution >= 4 is 22.6 Å². The van der Waals surface area contributed by atoms with Crippen LogP contribution in [0.25, 0.3) is 11.0 Å². The van der Waals surface area contributed by atoms with E-state index in [4.69, 9.17) is 16.3 Å². The Bertz CT molecular complexity index is 487. The molecule has 0 aromatic carbocycles. The molecule has 2 aromatic rings. The van der Waals surface area contributed by atoms with E-state index in [2.05, 4.69) is 15.0 Å². The highest BCUT2D eigenvalue weighted by Crippen LogP contribution is 2.23. The summed E-state index contributed by atoms with van der Waals surface area (Å²) in [5.74, 6) is 0.701. The molecule has 0 aliphatic heterocycles. The molecule has 0 fully saturated rings. The standard InChI is InChI=1S/C9H8ClN3O/c1-5-7(14-2)3-6-8(13-5)9(10)12-4-11-6/h3-4H,1-2H3. The number of hydrogen-bond donors (Lipinski definition) is 0.